The summed E-state index contributed by atoms with van der Waals surface area (Å²) in [5.74, 6) is -0.512. The standard InChI is InChI=1S/C67H121N2O7P/c1-7-10-13-16-19-22-25-27-28-29-30-31-32-33-34-35-36-37-38-39-40-42-45-48-51-54-57-60-67(71)76-65(58-55-52-49-46-43-24-21-18-15-12-9-3)64(63-75-77(72,73)74-62-61-69(4,5)6)68-66(70)59-56-53-50-47-44-41-26-23-20-17-14-11-8-2/h10,13,19,22,27-28,30-31,33-34,36-37,55,58,64-65H,7-9,11-12,14-18,20-21,23-26,29,32,35,38-54,56-57,59-63H2,1-6H3,(H-,68,70,72,73)/p+1/b13-10-,22-19-,28-27-,31-30-,34-33-,37-36-,58-55-. The average molecular weight is 1100 g/mol. The molecule has 0 saturated heterocycles. The summed E-state index contributed by atoms with van der Waals surface area (Å²) in [5.41, 5.74) is 0. The summed E-state index contributed by atoms with van der Waals surface area (Å²) in [6.07, 6.45) is 74.4. The topological polar surface area (TPSA) is 111 Å². The van der Waals surface area contributed by atoms with Gasteiger partial charge in [0.1, 0.15) is 19.3 Å². The van der Waals surface area contributed by atoms with E-state index in [9.17, 15) is 19.0 Å². The third-order valence-corrected chi connectivity index (χ3v) is 14.8. The summed E-state index contributed by atoms with van der Waals surface area (Å²) in [5, 5.41) is 3.05. The maximum atomic E-state index is 13.5. The fourth-order valence-electron chi connectivity index (χ4n) is 8.94. The lowest BCUT2D eigenvalue weighted by Gasteiger charge is -2.27. The number of hydrogen-bond acceptors (Lipinski definition) is 6. The molecular weight excluding hydrogens is 976 g/mol. The normalized spacial score (nSPS) is 14.2. The Morgan fingerprint density at radius 1 is 0.468 bits per heavy atom. The Bertz CT molecular complexity index is 1590. The van der Waals surface area contributed by atoms with Gasteiger partial charge in [-0.15, -0.1) is 0 Å². The molecule has 0 heterocycles. The summed E-state index contributed by atoms with van der Waals surface area (Å²) >= 11 is 0. The minimum absolute atomic E-state index is 0.0372. The van der Waals surface area contributed by atoms with Crippen LogP contribution in [0.1, 0.15) is 278 Å². The molecule has 3 unspecified atom stereocenters. The number of unbranched alkanes of at least 4 members (excludes halogenated alkanes) is 29. The summed E-state index contributed by atoms with van der Waals surface area (Å²) in [4.78, 5) is 37.7. The second kappa shape index (κ2) is 56.5. The van der Waals surface area contributed by atoms with Crippen LogP contribution in [0.15, 0.2) is 85.1 Å². The van der Waals surface area contributed by atoms with Crippen molar-refractivity contribution in [2.75, 3.05) is 40.9 Å². The zero-order chi connectivity index (χ0) is 56.4. The van der Waals surface area contributed by atoms with Crippen LogP contribution < -0.4 is 5.32 Å². The number of rotatable bonds is 57. The van der Waals surface area contributed by atoms with Crippen molar-refractivity contribution >= 4 is 19.7 Å². The predicted octanol–water partition coefficient (Wildman–Crippen LogP) is 19.8. The Hall–Kier alpha value is -2.81. The van der Waals surface area contributed by atoms with Gasteiger partial charge in [-0.1, -0.05) is 267 Å². The zero-order valence-electron chi connectivity index (χ0n) is 50.9. The van der Waals surface area contributed by atoms with Crippen molar-refractivity contribution in [3.63, 3.8) is 0 Å². The number of hydrogen-bond donors (Lipinski definition) is 2. The second-order valence-electron chi connectivity index (χ2n) is 22.6. The highest BCUT2D eigenvalue weighted by Gasteiger charge is 2.30. The van der Waals surface area contributed by atoms with Crippen LogP contribution in [0.5, 0.6) is 0 Å². The second-order valence-corrected chi connectivity index (χ2v) is 24.0. The van der Waals surface area contributed by atoms with Crippen LogP contribution in [0.3, 0.4) is 0 Å². The van der Waals surface area contributed by atoms with Crippen LogP contribution in [0.2, 0.25) is 0 Å². The van der Waals surface area contributed by atoms with Gasteiger partial charge in [-0.25, -0.2) is 4.57 Å². The third kappa shape index (κ3) is 57.7. The number of nitrogens with one attached hydrogen (secondary N) is 1. The number of carbonyl (C=O) groups excluding carboxylic acids is 2. The number of phosphoric acid groups is 1. The van der Waals surface area contributed by atoms with E-state index in [1.807, 2.05) is 33.3 Å². The zero-order valence-corrected chi connectivity index (χ0v) is 51.8. The smallest absolute Gasteiger partial charge is 0.456 e. The molecule has 1 amide bonds. The number of carbonyl (C=O) groups is 2. The number of phosphoric ester groups is 1. The monoisotopic (exact) mass is 1100 g/mol. The van der Waals surface area contributed by atoms with E-state index in [2.05, 4.69) is 99.0 Å². The minimum atomic E-state index is -4.45. The van der Waals surface area contributed by atoms with Gasteiger partial charge in [0.25, 0.3) is 0 Å². The van der Waals surface area contributed by atoms with Crippen molar-refractivity contribution in [1.29, 1.82) is 0 Å². The third-order valence-electron chi connectivity index (χ3n) is 13.8. The number of esters is 1. The Kier molecular flexibility index (Phi) is 54.4. The molecule has 0 saturated carbocycles. The Morgan fingerprint density at radius 3 is 1.25 bits per heavy atom. The maximum absolute atomic E-state index is 13.5. The van der Waals surface area contributed by atoms with E-state index in [0.29, 0.717) is 17.4 Å². The molecule has 0 spiro atoms. The van der Waals surface area contributed by atoms with E-state index >= 15 is 0 Å². The van der Waals surface area contributed by atoms with Gasteiger partial charge in [0.15, 0.2) is 0 Å². The van der Waals surface area contributed by atoms with E-state index in [4.69, 9.17) is 13.8 Å². The van der Waals surface area contributed by atoms with Crippen molar-refractivity contribution in [1.82, 2.24) is 5.32 Å². The van der Waals surface area contributed by atoms with Crippen LogP contribution in [0, 0.1) is 0 Å². The van der Waals surface area contributed by atoms with Crippen LogP contribution in [-0.2, 0) is 27.9 Å². The summed E-state index contributed by atoms with van der Waals surface area (Å²) in [6, 6.07) is -0.852. The lowest BCUT2D eigenvalue weighted by atomic mass is 10.0. The van der Waals surface area contributed by atoms with Crippen molar-refractivity contribution in [2.24, 2.45) is 0 Å². The number of ether oxygens (including phenoxy) is 1. The first-order valence-electron chi connectivity index (χ1n) is 31.9. The van der Waals surface area contributed by atoms with Gasteiger partial charge in [0.2, 0.25) is 5.91 Å². The van der Waals surface area contributed by atoms with Gasteiger partial charge in [-0.05, 0) is 83.1 Å². The molecule has 0 radical (unpaired) electrons. The molecule has 2 N–H and O–H groups in total. The van der Waals surface area contributed by atoms with Crippen molar-refractivity contribution in [2.45, 2.75) is 290 Å². The molecule has 0 aliphatic heterocycles. The highest BCUT2D eigenvalue weighted by molar-refractivity contribution is 7.47. The molecule has 0 aliphatic rings. The van der Waals surface area contributed by atoms with Gasteiger partial charge in [-0.3, -0.25) is 18.6 Å². The lowest BCUT2D eigenvalue weighted by Crippen LogP contribution is -2.47. The van der Waals surface area contributed by atoms with E-state index < -0.39 is 20.0 Å². The Balaban J connectivity index is 5.08. The van der Waals surface area contributed by atoms with E-state index in [1.165, 1.54) is 135 Å². The van der Waals surface area contributed by atoms with Gasteiger partial charge < -0.3 is 19.4 Å². The largest absolute Gasteiger partial charge is 0.472 e. The first kappa shape index (κ1) is 74.2. The number of allylic oxidation sites excluding steroid dienone is 13. The van der Waals surface area contributed by atoms with Gasteiger partial charge in [-0.2, -0.15) is 0 Å². The molecule has 9 nitrogen and oxygen atoms in total. The van der Waals surface area contributed by atoms with Crippen LogP contribution in [-0.4, -0.2) is 74.3 Å². The van der Waals surface area contributed by atoms with E-state index in [-0.39, 0.29) is 31.5 Å². The minimum Gasteiger partial charge on any atom is -0.456 e. The van der Waals surface area contributed by atoms with Gasteiger partial charge >= 0.3 is 13.8 Å². The molecule has 10 heteroatoms. The number of amides is 1. The number of nitrogens with zero attached hydrogens (tertiary/aromatic N) is 1. The fraction of sp³-hybridized carbons (Fsp3) is 0.761. The van der Waals surface area contributed by atoms with Gasteiger partial charge in [0, 0.05) is 12.8 Å². The predicted molar refractivity (Wildman–Crippen MR) is 332 cm³/mol. The van der Waals surface area contributed by atoms with Crippen molar-refractivity contribution in [3.8, 4) is 0 Å². The highest BCUT2D eigenvalue weighted by Crippen LogP contribution is 2.43. The Labute approximate surface area is 476 Å². The summed E-state index contributed by atoms with van der Waals surface area (Å²) < 4.78 is 30.7. The first-order chi connectivity index (χ1) is 37.4. The van der Waals surface area contributed by atoms with Gasteiger partial charge in [0.05, 0.1) is 33.8 Å². The molecule has 0 aromatic heterocycles. The van der Waals surface area contributed by atoms with Crippen molar-refractivity contribution < 1.29 is 37.3 Å². The number of quaternary nitrogens is 1. The lowest BCUT2D eigenvalue weighted by molar-refractivity contribution is -0.870. The molecular formula is C67H122N2O7P+. The molecule has 0 rings (SSSR count). The molecule has 3 atom stereocenters. The van der Waals surface area contributed by atoms with E-state index in [0.717, 1.165) is 109 Å². The van der Waals surface area contributed by atoms with Crippen molar-refractivity contribution in [3.05, 3.63) is 85.1 Å². The molecule has 0 bridgehead atoms. The molecule has 0 aliphatic carbocycles. The molecule has 0 fully saturated rings. The van der Waals surface area contributed by atoms with Crippen LogP contribution >= 0.6 is 7.82 Å². The van der Waals surface area contributed by atoms with E-state index in [1.54, 1.807) is 0 Å². The molecule has 77 heavy (non-hydrogen) atoms. The maximum Gasteiger partial charge on any atom is 0.472 e. The average Bonchev–Trinajstić information content (AvgIpc) is 3.39. The molecule has 446 valence electrons. The van der Waals surface area contributed by atoms with Crippen LogP contribution in [0.4, 0.5) is 0 Å². The first-order valence-corrected chi connectivity index (χ1v) is 33.4. The summed E-state index contributed by atoms with van der Waals surface area (Å²) in [7, 11) is 1.49. The molecule has 0 aromatic carbocycles. The highest BCUT2D eigenvalue weighted by atomic mass is 31.2. The fourth-order valence-corrected chi connectivity index (χ4v) is 9.68. The van der Waals surface area contributed by atoms with Crippen LogP contribution in [0.25, 0.3) is 0 Å². The Morgan fingerprint density at radius 2 is 0.831 bits per heavy atom. The SMILES string of the molecule is CC/C=C\C/C=C\C/C=C\C/C=C\C/C=C\C/C=C\CCCCCCCCCCC(=O)OC(/C=C\CCCCCCCCCCC)C(COP(=O)(O)OCC[N+](C)(C)C)NC(=O)CCCCCCCCCCCCCCC. The molecule has 0 aromatic rings. The number of likely N-dealkylation sites (N-methyl/N-ethyl adjacent to an activating group) is 1. The quantitative estimate of drug-likeness (QED) is 0.0205. The summed E-state index contributed by atoms with van der Waals surface area (Å²) in [6.45, 7) is 6.89.